The summed E-state index contributed by atoms with van der Waals surface area (Å²) in [5.41, 5.74) is 1.59. The molecule has 1 aromatic heterocycles. The number of aliphatic hydroxyl groups is 1. The number of ketones is 1. The fraction of sp³-hybridized carbons (Fsp3) is 0.412. The molecule has 1 aliphatic carbocycles. The molecule has 21 heavy (non-hydrogen) atoms. The van der Waals surface area contributed by atoms with Gasteiger partial charge in [-0.3, -0.25) is 4.79 Å². The molecule has 1 aromatic carbocycles. The third kappa shape index (κ3) is 2.20. The van der Waals surface area contributed by atoms with Crippen molar-refractivity contribution >= 4 is 5.78 Å². The third-order valence-corrected chi connectivity index (χ3v) is 4.42. The first-order valence-electron chi connectivity index (χ1n) is 7.14. The third-order valence-electron chi connectivity index (χ3n) is 4.42. The van der Waals surface area contributed by atoms with E-state index in [-0.39, 0.29) is 11.7 Å². The maximum absolute atomic E-state index is 12.2. The smallest absolute Gasteiger partial charge is 0.137 e. The van der Waals surface area contributed by atoms with Gasteiger partial charge in [-0.15, -0.1) is 0 Å². The van der Waals surface area contributed by atoms with E-state index >= 15 is 0 Å². The van der Waals surface area contributed by atoms with Crippen LogP contribution in [0, 0.1) is 12.8 Å². The van der Waals surface area contributed by atoms with E-state index in [0.717, 1.165) is 22.6 Å². The first-order chi connectivity index (χ1) is 9.92. The van der Waals surface area contributed by atoms with E-state index in [2.05, 4.69) is 5.16 Å². The molecule has 0 unspecified atom stereocenters. The molecule has 3 atom stereocenters. The van der Waals surface area contributed by atoms with Gasteiger partial charge in [-0.1, -0.05) is 35.5 Å². The molecule has 4 nitrogen and oxygen atoms in total. The number of nitrogens with zero attached hydrogens (tertiary/aromatic N) is 1. The number of fused-ring (bicyclic) bond motifs is 1. The minimum absolute atomic E-state index is 0.0138. The SMILES string of the molecule is CC(=O)[C@@H]1[C@@H](c2ccccc2)c2c(noc2C)C[C@]1(C)O. The van der Waals surface area contributed by atoms with Crippen LogP contribution in [0.2, 0.25) is 0 Å². The van der Waals surface area contributed by atoms with Crippen LogP contribution in [0.5, 0.6) is 0 Å². The van der Waals surface area contributed by atoms with E-state index in [1.165, 1.54) is 0 Å². The van der Waals surface area contributed by atoms with Crippen molar-refractivity contribution in [1.82, 2.24) is 5.16 Å². The normalized spacial score (nSPS) is 28.2. The highest BCUT2D eigenvalue weighted by molar-refractivity contribution is 5.82. The molecular weight excluding hydrogens is 266 g/mol. The second-order valence-corrected chi connectivity index (χ2v) is 6.11. The van der Waals surface area contributed by atoms with Crippen molar-refractivity contribution in [2.45, 2.75) is 38.7 Å². The van der Waals surface area contributed by atoms with Crippen LogP contribution in [0.4, 0.5) is 0 Å². The van der Waals surface area contributed by atoms with Gasteiger partial charge in [-0.2, -0.15) is 0 Å². The van der Waals surface area contributed by atoms with Gasteiger partial charge in [-0.25, -0.2) is 0 Å². The van der Waals surface area contributed by atoms with Gasteiger partial charge in [0.05, 0.1) is 17.2 Å². The number of Topliss-reactive ketones (excluding diaryl/α,β-unsaturated/α-hetero) is 1. The van der Waals surface area contributed by atoms with Crippen molar-refractivity contribution in [2.75, 3.05) is 0 Å². The molecule has 0 saturated carbocycles. The molecule has 0 spiro atoms. The number of hydrogen-bond donors (Lipinski definition) is 1. The Kier molecular flexibility index (Phi) is 3.21. The lowest BCUT2D eigenvalue weighted by molar-refractivity contribution is -0.130. The molecule has 2 aromatic rings. The molecule has 4 heteroatoms. The molecule has 0 aliphatic heterocycles. The van der Waals surface area contributed by atoms with Crippen LogP contribution in [0.25, 0.3) is 0 Å². The van der Waals surface area contributed by atoms with Crippen LogP contribution in [0.15, 0.2) is 34.9 Å². The first-order valence-corrected chi connectivity index (χ1v) is 7.14. The van der Waals surface area contributed by atoms with Gasteiger partial charge < -0.3 is 9.63 Å². The van der Waals surface area contributed by atoms with Crippen molar-refractivity contribution in [2.24, 2.45) is 5.92 Å². The average molecular weight is 285 g/mol. The Morgan fingerprint density at radius 1 is 1.38 bits per heavy atom. The van der Waals surface area contributed by atoms with Crippen LogP contribution >= 0.6 is 0 Å². The molecule has 0 saturated heterocycles. The molecule has 110 valence electrons. The maximum atomic E-state index is 12.2. The van der Waals surface area contributed by atoms with Crippen LogP contribution in [0.3, 0.4) is 0 Å². The van der Waals surface area contributed by atoms with E-state index in [1.807, 2.05) is 37.3 Å². The molecule has 1 N–H and O–H groups in total. The molecule has 3 rings (SSSR count). The largest absolute Gasteiger partial charge is 0.389 e. The Morgan fingerprint density at radius 3 is 2.67 bits per heavy atom. The summed E-state index contributed by atoms with van der Waals surface area (Å²) in [7, 11) is 0. The summed E-state index contributed by atoms with van der Waals surface area (Å²) in [5.74, 6) is -0.0000869. The average Bonchev–Trinajstić information content (AvgIpc) is 2.77. The number of carbonyl (C=O) groups is 1. The maximum Gasteiger partial charge on any atom is 0.137 e. The van der Waals surface area contributed by atoms with Crippen LogP contribution < -0.4 is 0 Å². The van der Waals surface area contributed by atoms with Gasteiger partial charge in [0.2, 0.25) is 0 Å². The second kappa shape index (κ2) is 4.81. The second-order valence-electron chi connectivity index (χ2n) is 6.11. The first kappa shape index (κ1) is 14.0. The molecule has 1 heterocycles. The molecule has 0 bridgehead atoms. The Labute approximate surface area is 123 Å². The van der Waals surface area contributed by atoms with E-state index in [4.69, 9.17) is 4.52 Å². The van der Waals surface area contributed by atoms with Crippen molar-refractivity contribution in [3.05, 3.63) is 52.9 Å². The quantitative estimate of drug-likeness (QED) is 0.921. The fourth-order valence-electron chi connectivity index (χ4n) is 3.62. The van der Waals surface area contributed by atoms with Crippen LogP contribution in [-0.2, 0) is 11.2 Å². The Bertz CT molecular complexity index is 673. The molecule has 0 amide bonds. The van der Waals surface area contributed by atoms with E-state index in [0.29, 0.717) is 6.42 Å². The summed E-state index contributed by atoms with van der Waals surface area (Å²) in [6.07, 6.45) is 0.341. The Hall–Kier alpha value is -1.94. The number of benzene rings is 1. The molecule has 0 radical (unpaired) electrons. The van der Waals surface area contributed by atoms with Gasteiger partial charge in [0.15, 0.2) is 0 Å². The summed E-state index contributed by atoms with van der Waals surface area (Å²) >= 11 is 0. The van der Waals surface area contributed by atoms with E-state index in [1.54, 1.807) is 13.8 Å². The van der Waals surface area contributed by atoms with Crippen LogP contribution in [-0.4, -0.2) is 21.6 Å². The minimum Gasteiger partial charge on any atom is -0.389 e. The van der Waals surface area contributed by atoms with Gasteiger partial charge in [-0.05, 0) is 26.3 Å². The summed E-state index contributed by atoms with van der Waals surface area (Å²) in [5, 5.41) is 14.9. The number of aryl methyl sites for hydroxylation is 1. The van der Waals surface area contributed by atoms with Crippen molar-refractivity contribution in [3.8, 4) is 0 Å². The molecule has 0 fully saturated rings. The zero-order chi connectivity index (χ0) is 15.2. The zero-order valence-corrected chi connectivity index (χ0v) is 12.5. The van der Waals surface area contributed by atoms with Gasteiger partial charge in [0.1, 0.15) is 11.5 Å². The predicted molar refractivity (Wildman–Crippen MR) is 78.0 cm³/mol. The minimum atomic E-state index is -1.12. The number of hydrogen-bond acceptors (Lipinski definition) is 4. The summed E-state index contributed by atoms with van der Waals surface area (Å²) in [6.45, 7) is 5.11. The fourth-order valence-corrected chi connectivity index (χ4v) is 3.62. The topological polar surface area (TPSA) is 63.3 Å². The standard InChI is InChI=1S/C17H19NO3/c1-10(19)16-15(12-7-5-4-6-8-12)14-11(2)21-18-13(14)9-17(16,3)20/h4-8,15-16,20H,9H2,1-3H3/t15-,16+,17-/m0/s1. The predicted octanol–water partition coefficient (Wildman–Crippen LogP) is 2.63. The molecular formula is C17H19NO3. The summed E-state index contributed by atoms with van der Waals surface area (Å²) in [4.78, 5) is 12.2. The number of carbonyl (C=O) groups excluding carboxylic acids is 1. The summed E-state index contributed by atoms with van der Waals surface area (Å²) in [6, 6.07) is 9.79. The highest BCUT2D eigenvalue weighted by atomic mass is 16.5. The number of rotatable bonds is 2. The van der Waals surface area contributed by atoms with Crippen LogP contribution in [0.1, 0.15) is 42.3 Å². The highest BCUT2D eigenvalue weighted by Crippen LogP contribution is 2.46. The van der Waals surface area contributed by atoms with Gasteiger partial charge >= 0.3 is 0 Å². The number of aromatic nitrogens is 1. The molecule has 1 aliphatic rings. The van der Waals surface area contributed by atoms with Crippen molar-refractivity contribution in [1.29, 1.82) is 0 Å². The van der Waals surface area contributed by atoms with E-state index < -0.39 is 11.5 Å². The Balaban J connectivity index is 2.24. The lowest BCUT2D eigenvalue weighted by atomic mass is 9.64. The monoisotopic (exact) mass is 285 g/mol. The Morgan fingerprint density at radius 2 is 2.05 bits per heavy atom. The highest BCUT2D eigenvalue weighted by Gasteiger charge is 2.49. The van der Waals surface area contributed by atoms with Gasteiger partial charge in [0, 0.05) is 17.9 Å². The lowest BCUT2D eigenvalue weighted by Crippen LogP contribution is -2.48. The zero-order valence-electron chi connectivity index (χ0n) is 12.5. The van der Waals surface area contributed by atoms with Gasteiger partial charge in [0.25, 0.3) is 0 Å². The summed E-state index contributed by atoms with van der Waals surface area (Å²) < 4.78 is 5.32. The van der Waals surface area contributed by atoms with Crippen molar-refractivity contribution in [3.63, 3.8) is 0 Å². The lowest BCUT2D eigenvalue weighted by Gasteiger charge is -2.40. The van der Waals surface area contributed by atoms with E-state index in [9.17, 15) is 9.90 Å². The van der Waals surface area contributed by atoms with Crippen molar-refractivity contribution < 1.29 is 14.4 Å².